The molecule has 1 atom stereocenters. The van der Waals surface area contributed by atoms with Crippen LogP contribution in [-0.2, 0) is 20.9 Å². The highest BCUT2D eigenvalue weighted by atomic mass is 19.1. The third kappa shape index (κ3) is 6.31. The molecule has 2 N–H and O–H groups in total. The van der Waals surface area contributed by atoms with Crippen LogP contribution in [0.2, 0.25) is 0 Å². The smallest absolute Gasteiger partial charge is 0.249 e. The number of nitrogens with zero attached hydrogens (tertiary/aromatic N) is 1. The van der Waals surface area contributed by atoms with E-state index in [1.807, 2.05) is 0 Å². The van der Waals surface area contributed by atoms with Crippen LogP contribution in [0.3, 0.4) is 0 Å². The third-order valence-electron chi connectivity index (χ3n) is 4.66. The maximum atomic E-state index is 14.4. The van der Waals surface area contributed by atoms with Crippen LogP contribution < -0.4 is 15.4 Å². The Morgan fingerprint density at radius 2 is 2.10 bits per heavy atom. The van der Waals surface area contributed by atoms with Gasteiger partial charge in [0, 0.05) is 36.3 Å². The first-order chi connectivity index (χ1) is 14.8. The molecular weight excluding hydrogens is 400 g/mol. The van der Waals surface area contributed by atoms with Crippen molar-refractivity contribution in [2.24, 2.45) is 0 Å². The van der Waals surface area contributed by atoms with Gasteiger partial charge in [0.05, 0.1) is 13.1 Å². The number of carbonyl (C=O) groups excluding carboxylic acids is 3. The van der Waals surface area contributed by atoms with Crippen molar-refractivity contribution in [2.45, 2.75) is 32.8 Å². The molecular formula is C22H25BFN3O4. The Bertz CT molecular complexity index is 943. The molecule has 1 aliphatic rings. The first kappa shape index (κ1) is 23.9. The van der Waals surface area contributed by atoms with Crippen LogP contribution in [0, 0.1) is 5.82 Å². The lowest BCUT2D eigenvalue weighted by Crippen LogP contribution is -2.51. The van der Waals surface area contributed by atoms with Crippen LogP contribution in [0.25, 0.3) is 0 Å². The van der Waals surface area contributed by atoms with Crippen LogP contribution in [0.4, 0.5) is 4.39 Å². The summed E-state index contributed by atoms with van der Waals surface area (Å²) >= 11 is 0. The highest BCUT2D eigenvalue weighted by Gasteiger charge is 2.26. The number of ether oxygens (including phenoxy) is 1. The van der Waals surface area contributed by atoms with Crippen molar-refractivity contribution in [3.8, 4) is 5.75 Å². The zero-order valence-corrected chi connectivity index (χ0v) is 17.8. The summed E-state index contributed by atoms with van der Waals surface area (Å²) in [5, 5.41) is 5.27. The molecule has 1 aromatic rings. The van der Waals surface area contributed by atoms with Gasteiger partial charge in [-0.05, 0) is 25.1 Å². The van der Waals surface area contributed by atoms with E-state index in [0.29, 0.717) is 16.8 Å². The lowest BCUT2D eigenvalue weighted by molar-refractivity contribution is -0.137. The quantitative estimate of drug-likeness (QED) is 0.650. The van der Waals surface area contributed by atoms with Crippen molar-refractivity contribution < 1.29 is 23.5 Å². The number of methoxy groups -OCH3 is 1. The van der Waals surface area contributed by atoms with Gasteiger partial charge in [-0.1, -0.05) is 31.2 Å². The standard InChI is InChI=1S/C22H25BFN3O4/c1-4-18(28)26-21(29)20(23)27-12-11-16(9-5-7-14(2)22(27)30)25-13-15-8-6-10-17(31-3)19(15)24/h5-11,20,25H,4,12-13H2,1-3H3,(H,26,28,29)/b9-5-,14-7+,16-11-. The topological polar surface area (TPSA) is 87.7 Å². The van der Waals surface area contributed by atoms with Gasteiger partial charge in [0.2, 0.25) is 17.7 Å². The minimum absolute atomic E-state index is 0.00613. The fraction of sp³-hybridized carbons (Fsp3) is 0.318. The van der Waals surface area contributed by atoms with Crippen molar-refractivity contribution in [1.29, 1.82) is 0 Å². The molecule has 1 unspecified atom stereocenters. The second-order valence-corrected chi connectivity index (χ2v) is 6.82. The predicted octanol–water partition coefficient (Wildman–Crippen LogP) is 1.70. The molecule has 7 nitrogen and oxygen atoms in total. The zero-order valence-electron chi connectivity index (χ0n) is 17.8. The van der Waals surface area contributed by atoms with Gasteiger partial charge in [-0.2, -0.15) is 0 Å². The fourth-order valence-electron chi connectivity index (χ4n) is 2.80. The summed E-state index contributed by atoms with van der Waals surface area (Å²) in [4.78, 5) is 37.6. The van der Waals surface area contributed by atoms with Crippen LogP contribution in [-0.4, -0.2) is 50.1 Å². The fourth-order valence-corrected chi connectivity index (χ4v) is 2.80. The number of benzene rings is 1. The molecule has 2 rings (SSSR count). The van der Waals surface area contributed by atoms with Crippen molar-refractivity contribution in [2.75, 3.05) is 13.7 Å². The summed E-state index contributed by atoms with van der Waals surface area (Å²) < 4.78 is 19.4. The van der Waals surface area contributed by atoms with E-state index < -0.39 is 29.5 Å². The van der Waals surface area contributed by atoms with Gasteiger partial charge < -0.3 is 15.0 Å². The Hall–Kier alpha value is -3.36. The summed E-state index contributed by atoms with van der Waals surface area (Å²) in [6.07, 6.45) is 6.76. The summed E-state index contributed by atoms with van der Waals surface area (Å²) in [6, 6.07) is 4.86. The average molecular weight is 425 g/mol. The normalized spacial score (nSPS) is 19.5. The van der Waals surface area contributed by atoms with Crippen LogP contribution in [0.15, 0.2) is 53.8 Å². The van der Waals surface area contributed by atoms with Gasteiger partial charge in [-0.25, -0.2) is 4.39 Å². The van der Waals surface area contributed by atoms with E-state index in [-0.39, 0.29) is 25.3 Å². The lowest BCUT2D eigenvalue weighted by atomic mass is 9.92. The van der Waals surface area contributed by atoms with E-state index in [1.165, 1.54) is 13.2 Å². The molecule has 0 aliphatic carbocycles. The zero-order chi connectivity index (χ0) is 23.0. The van der Waals surface area contributed by atoms with Crippen LogP contribution in [0.5, 0.6) is 5.75 Å². The molecule has 1 heterocycles. The lowest BCUT2D eigenvalue weighted by Gasteiger charge is -2.28. The van der Waals surface area contributed by atoms with E-state index >= 15 is 0 Å². The van der Waals surface area contributed by atoms with E-state index in [0.717, 1.165) is 4.90 Å². The predicted molar refractivity (Wildman–Crippen MR) is 115 cm³/mol. The summed E-state index contributed by atoms with van der Waals surface area (Å²) in [5.74, 6) is -3.35. The Morgan fingerprint density at radius 3 is 2.77 bits per heavy atom. The molecule has 1 aromatic carbocycles. The van der Waals surface area contributed by atoms with Crippen LogP contribution in [0.1, 0.15) is 25.8 Å². The van der Waals surface area contributed by atoms with E-state index in [4.69, 9.17) is 12.6 Å². The van der Waals surface area contributed by atoms with Crippen molar-refractivity contribution in [3.05, 3.63) is 65.2 Å². The highest BCUT2D eigenvalue weighted by molar-refractivity contribution is 6.27. The number of allylic oxidation sites excluding steroid dienone is 3. The largest absolute Gasteiger partial charge is 0.494 e. The average Bonchev–Trinajstić information content (AvgIpc) is 2.82. The Kier molecular flexibility index (Phi) is 8.60. The molecule has 3 amide bonds. The summed E-state index contributed by atoms with van der Waals surface area (Å²) in [6.45, 7) is 3.38. The maximum Gasteiger partial charge on any atom is 0.249 e. The number of nitrogens with one attached hydrogen (secondary N) is 2. The summed E-state index contributed by atoms with van der Waals surface area (Å²) in [7, 11) is 7.36. The molecule has 0 bridgehead atoms. The van der Waals surface area contributed by atoms with Crippen molar-refractivity contribution in [3.63, 3.8) is 0 Å². The SMILES string of the molecule is [B]C(C(=O)NC(=O)CC)N1C/C=C(NCc2cccc(OC)c2F)/C=C\C=C(/C)C1=O. The van der Waals surface area contributed by atoms with E-state index in [2.05, 4.69) is 10.6 Å². The van der Waals surface area contributed by atoms with Crippen molar-refractivity contribution in [1.82, 2.24) is 15.5 Å². The molecule has 0 saturated heterocycles. The molecule has 31 heavy (non-hydrogen) atoms. The maximum absolute atomic E-state index is 14.4. The number of amides is 3. The van der Waals surface area contributed by atoms with E-state index in [1.54, 1.807) is 50.3 Å². The van der Waals surface area contributed by atoms with Crippen LogP contribution >= 0.6 is 0 Å². The molecule has 0 spiro atoms. The Labute approximate surface area is 182 Å². The highest BCUT2D eigenvalue weighted by Crippen LogP contribution is 2.20. The van der Waals surface area contributed by atoms with Gasteiger partial charge in [0.25, 0.3) is 0 Å². The Morgan fingerprint density at radius 1 is 1.35 bits per heavy atom. The number of halogens is 1. The second-order valence-electron chi connectivity index (χ2n) is 6.82. The number of carbonyl (C=O) groups is 3. The van der Waals surface area contributed by atoms with E-state index in [9.17, 15) is 18.8 Å². The Balaban J connectivity index is 2.20. The van der Waals surface area contributed by atoms with Gasteiger partial charge in [0.1, 0.15) is 7.85 Å². The molecule has 9 heteroatoms. The van der Waals surface area contributed by atoms with Gasteiger partial charge in [0.15, 0.2) is 11.6 Å². The molecule has 0 saturated carbocycles. The van der Waals surface area contributed by atoms with Gasteiger partial charge in [-0.15, -0.1) is 0 Å². The number of imide groups is 1. The minimum Gasteiger partial charge on any atom is -0.494 e. The first-order valence-corrected chi connectivity index (χ1v) is 9.79. The van der Waals surface area contributed by atoms with Gasteiger partial charge in [-0.3, -0.25) is 19.7 Å². The van der Waals surface area contributed by atoms with Crippen molar-refractivity contribution >= 4 is 25.6 Å². The molecule has 1 aliphatic heterocycles. The minimum atomic E-state index is -1.35. The third-order valence-corrected chi connectivity index (χ3v) is 4.66. The summed E-state index contributed by atoms with van der Waals surface area (Å²) in [5.41, 5.74) is 1.38. The first-order valence-electron chi connectivity index (χ1n) is 9.79. The number of hydrogen-bond acceptors (Lipinski definition) is 5. The molecule has 162 valence electrons. The number of hydrogen-bond donors (Lipinski definition) is 2. The molecule has 2 radical (unpaired) electrons. The molecule has 0 fully saturated rings. The monoisotopic (exact) mass is 425 g/mol. The van der Waals surface area contributed by atoms with Gasteiger partial charge >= 0.3 is 0 Å². The second kappa shape index (κ2) is 11.1. The number of rotatable bonds is 7. The molecule has 0 aromatic heterocycles.